The molecule has 1 amide bonds. The molecule has 1 aromatic rings. The normalized spacial score (nSPS) is 10.2. The number of hydrogen-bond acceptors (Lipinski definition) is 2. The molecule has 0 bridgehead atoms. The standard InChI is InChI=1S/C10H10F2INO2/c11-10(12)16-8-3-1-7(2-4-8)9(15)14-6-5-13/h1-4,10H,5-6H2,(H,14,15). The first-order chi connectivity index (χ1) is 7.63. The van der Waals surface area contributed by atoms with E-state index in [4.69, 9.17) is 0 Å². The van der Waals surface area contributed by atoms with E-state index in [1.807, 2.05) is 0 Å². The zero-order valence-electron chi connectivity index (χ0n) is 8.25. The fraction of sp³-hybridized carbons (Fsp3) is 0.300. The van der Waals surface area contributed by atoms with Crippen LogP contribution in [-0.2, 0) is 0 Å². The second-order valence-corrected chi connectivity index (χ2v) is 3.93. The van der Waals surface area contributed by atoms with Crippen LogP contribution in [0.3, 0.4) is 0 Å². The Morgan fingerprint density at radius 3 is 2.50 bits per heavy atom. The number of halogens is 3. The van der Waals surface area contributed by atoms with Crippen LogP contribution in [0.25, 0.3) is 0 Å². The first-order valence-corrected chi connectivity index (χ1v) is 6.05. The van der Waals surface area contributed by atoms with Crippen molar-refractivity contribution in [3.05, 3.63) is 29.8 Å². The van der Waals surface area contributed by atoms with Crippen molar-refractivity contribution >= 4 is 28.5 Å². The topological polar surface area (TPSA) is 38.3 Å². The Bertz CT molecular complexity index is 343. The van der Waals surface area contributed by atoms with Gasteiger partial charge in [0, 0.05) is 16.5 Å². The summed E-state index contributed by atoms with van der Waals surface area (Å²) in [4.78, 5) is 11.4. The molecule has 3 nitrogen and oxygen atoms in total. The maximum atomic E-state index is 11.8. The lowest BCUT2D eigenvalue weighted by Gasteiger charge is -2.06. The zero-order valence-corrected chi connectivity index (χ0v) is 10.4. The van der Waals surface area contributed by atoms with Crippen molar-refractivity contribution in [2.24, 2.45) is 0 Å². The predicted molar refractivity (Wildman–Crippen MR) is 64.3 cm³/mol. The van der Waals surface area contributed by atoms with Crippen molar-refractivity contribution in [1.29, 1.82) is 0 Å². The summed E-state index contributed by atoms with van der Waals surface area (Å²) in [7, 11) is 0. The molecule has 0 aromatic heterocycles. The predicted octanol–water partition coefficient (Wildman–Crippen LogP) is 2.45. The van der Waals surface area contributed by atoms with Crippen molar-refractivity contribution in [3.63, 3.8) is 0 Å². The number of benzene rings is 1. The summed E-state index contributed by atoms with van der Waals surface area (Å²) >= 11 is 2.14. The van der Waals surface area contributed by atoms with E-state index in [2.05, 4.69) is 32.6 Å². The monoisotopic (exact) mass is 341 g/mol. The molecule has 6 heteroatoms. The summed E-state index contributed by atoms with van der Waals surface area (Å²) in [6.07, 6.45) is 0. The maximum absolute atomic E-state index is 11.8. The van der Waals surface area contributed by atoms with Gasteiger partial charge in [-0.1, -0.05) is 22.6 Å². The molecule has 0 aliphatic carbocycles. The van der Waals surface area contributed by atoms with Crippen molar-refractivity contribution in [2.75, 3.05) is 11.0 Å². The Balaban J connectivity index is 2.60. The molecule has 1 rings (SSSR count). The van der Waals surface area contributed by atoms with E-state index in [0.717, 1.165) is 4.43 Å². The Morgan fingerprint density at radius 2 is 2.00 bits per heavy atom. The summed E-state index contributed by atoms with van der Waals surface area (Å²) < 4.78 is 28.7. The van der Waals surface area contributed by atoms with Gasteiger partial charge in [-0.25, -0.2) is 0 Å². The molecular formula is C10H10F2INO2. The molecule has 1 N–H and O–H groups in total. The van der Waals surface area contributed by atoms with Crippen LogP contribution in [0, 0.1) is 0 Å². The Labute approximate surface area is 105 Å². The van der Waals surface area contributed by atoms with E-state index >= 15 is 0 Å². The number of hydrogen-bond donors (Lipinski definition) is 1. The summed E-state index contributed by atoms with van der Waals surface area (Å²) in [5.41, 5.74) is 0.423. The Hall–Kier alpha value is -0.920. The van der Waals surface area contributed by atoms with Crippen molar-refractivity contribution in [3.8, 4) is 5.75 Å². The first kappa shape index (κ1) is 13.1. The van der Waals surface area contributed by atoms with Crippen LogP contribution in [0.1, 0.15) is 10.4 Å². The molecule has 0 aliphatic rings. The number of carbonyl (C=O) groups excluding carboxylic acids is 1. The van der Waals surface area contributed by atoms with Crippen LogP contribution < -0.4 is 10.1 Å². The molecule has 16 heavy (non-hydrogen) atoms. The highest BCUT2D eigenvalue weighted by Gasteiger charge is 2.07. The molecule has 0 atom stereocenters. The summed E-state index contributed by atoms with van der Waals surface area (Å²) in [5, 5.41) is 2.67. The molecule has 0 aliphatic heterocycles. The van der Waals surface area contributed by atoms with Crippen LogP contribution in [0.5, 0.6) is 5.75 Å². The minimum atomic E-state index is -2.85. The van der Waals surface area contributed by atoms with Gasteiger partial charge < -0.3 is 10.1 Å². The van der Waals surface area contributed by atoms with E-state index in [1.165, 1.54) is 24.3 Å². The summed E-state index contributed by atoms with van der Waals surface area (Å²) in [5.74, 6) is -0.180. The lowest BCUT2D eigenvalue weighted by molar-refractivity contribution is -0.0498. The van der Waals surface area contributed by atoms with Crippen LogP contribution in [0.15, 0.2) is 24.3 Å². The van der Waals surface area contributed by atoms with Crippen LogP contribution >= 0.6 is 22.6 Å². The van der Waals surface area contributed by atoms with Crippen LogP contribution in [0.4, 0.5) is 8.78 Å². The number of nitrogens with one attached hydrogen (secondary N) is 1. The van der Waals surface area contributed by atoms with Gasteiger partial charge in [0.05, 0.1) is 0 Å². The number of ether oxygens (including phenoxy) is 1. The third-order valence-electron chi connectivity index (χ3n) is 1.72. The average molecular weight is 341 g/mol. The number of rotatable bonds is 5. The molecule has 1 aromatic carbocycles. The summed E-state index contributed by atoms with van der Waals surface area (Å²) in [6, 6.07) is 5.57. The molecule has 0 heterocycles. The largest absolute Gasteiger partial charge is 0.435 e. The van der Waals surface area contributed by atoms with Gasteiger partial charge in [-0.3, -0.25) is 4.79 Å². The third kappa shape index (κ3) is 4.30. The first-order valence-electron chi connectivity index (χ1n) is 4.52. The van der Waals surface area contributed by atoms with Gasteiger partial charge in [0.2, 0.25) is 0 Å². The number of carbonyl (C=O) groups is 1. The number of amides is 1. The fourth-order valence-corrected chi connectivity index (χ4v) is 1.32. The highest BCUT2D eigenvalue weighted by molar-refractivity contribution is 14.1. The molecule has 0 unspecified atom stereocenters. The minimum absolute atomic E-state index is 0.0421. The molecule has 0 saturated carbocycles. The molecule has 0 spiro atoms. The van der Waals surface area contributed by atoms with Crippen molar-refractivity contribution in [2.45, 2.75) is 6.61 Å². The average Bonchev–Trinajstić information content (AvgIpc) is 2.26. The van der Waals surface area contributed by atoms with Crippen LogP contribution in [-0.4, -0.2) is 23.5 Å². The summed E-state index contributed by atoms with van der Waals surface area (Å²) in [6.45, 7) is -2.27. The molecule has 88 valence electrons. The van der Waals surface area contributed by atoms with Gasteiger partial charge in [-0.2, -0.15) is 8.78 Å². The Morgan fingerprint density at radius 1 is 1.38 bits per heavy atom. The molecule has 0 fully saturated rings. The van der Waals surface area contributed by atoms with Gasteiger partial charge in [-0.15, -0.1) is 0 Å². The number of alkyl halides is 3. The van der Waals surface area contributed by atoms with E-state index in [0.29, 0.717) is 12.1 Å². The maximum Gasteiger partial charge on any atom is 0.387 e. The minimum Gasteiger partial charge on any atom is -0.435 e. The van der Waals surface area contributed by atoms with Crippen molar-refractivity contribution in [1.82, 2.24) is 5.32 Å². The van der Waals surface area contributed by atoms with E-state index in [1.54, 1.807) is 0 Å². The van der Waals surface area contributed by atoms with Gasteiger partial charge in [-0.05, 0) is 24.3 Å². The highest BCUT2D eigenvalue weighted by Crippen LogP contribution is 2.14. The lowest BCUT2D eigenvalue weighted by atomic mass is 10.2. The van der Waals surface area contributed by atoms with Crippen LogP contribution in [0.2, 0.25) is 0 Å². The van der Waals surface area contributed by atoms with Gasteiger partial charge in [0.1, 0.15) is 5.75 Å². The second-order valence-electron chi connectivity index (χ2n) is 2.85. The SMILES string of the molecule is O=C(NCCI)c1ccc(OC(F)F)cc1. The third-order valence-corrected chi connectivity index (χ3v) is 2.26. The zero-order chi connectivity index (χ0) is 12.0. The second kappa shape index (κ2) is 6.62. The molecule has 0 radical (unpaired) electrons. The van der Waals surface area contributed by atoms with E-state index in [9.17, 15) is 13.6 Å². The fourth-order valence-electron chi connectivity index (χ4n) is 1.05. The quantitative estimate of drug-likeness (QED) is 0.660. The van der Waals surface area contributed by atoms with E-state index < -0.39 is 6.61 Å². The van der Waals surface area contributed by atoms with E-state index in [-0.39, 0.29) is 11.7 Å². The lowest BCUT2D eigenvalue weighted by Crippen LogP contribution is -2.24. The highest BCUT2D eigenvalue weighted by atomic mass is 127. The van der Waals surface area contributed by atoms with Crippen molar-refractivity contribution < 1.29 is 18.3 Å². The Kier molecular flexibility index (Phi) is 5.44. The molecule has 0 saturated heterocycles. The van der Waals surface area contributed by atoms with Gasteiger partial charge >= 0.3 is 6.61 Å². The molecular weight excluding hydrogens is 331 g/mol. The van der Waals surface area contributed by atoms with Gasteiger partial charge in [0.15, 0.2) is 0 Å². The smallest absolute Gasteiger partial charge is 0.387 e. The van der Waals surface area contributed by atoms with Gasteiger partial charge in [0.25, 0.3) is 5.91 Å².